The highest BCUT2D eigenvalue weighted by Gasteiger charge is 2.02. The van der Waals surface area contributed by atoms with E-state index in [9.17, 15) is 0 Å². The van der Waals surface area contributed by atoms with E-state index in [0.29, 0.717) is 6.54 Å². The van der Waals surface area contributed by atoms with Gasteiger partial charge in [0.1, 0.15) is 0 Å². The number of aryl methyl sites for hydroxylation is 1. The van der Waals surface area contributed by atoms with Crippen LogP contribution in [0.4, 0.5) is 0 Å². The van der Waals surface area contributed by atoms with Crippen LogP contribution in [0.15, 0.2) is 48.5 Å². The fraction of sp³-hybridized carbons (Fsp3) is 0.143. The van der Waals surface area contributed by atoms with Crippen LogP contribution < -0.4 is 5.73 Å². The first-order valence-corrected chi connectivity index (χ1v) is 5.16. The molecule has 0 radical (unpaired) electrons. The number of nitrogens with two attached hydrogens (primary N) is 1. The standard InChI is InChI=1S/C14H15N/c1-11-5-4-7-12(9-11)14-8-3-2-6-13(14)10-15/h2-9H,10,15H2,1H3. The van der Waals surface area contributed by atoms with Crippen molar-refractivity contribution in [3.05, 3.63) is 59.7 Å². The maximum atomic E-state index is 5.73. The van der Waals surface area contributed by atoms with E-state index in [0.717, 1.165) is 0 Å². The van der Waals surface area contributed by atoms with Crippen molar-refractivity contribution in [2.45, 2.75) is 13.5 Å². The van der Waals surface area contributed by atoms with Crippen molar-refractivity contribution in [2.75, 3.05) is 0 Å². The molecule has 0 aliphatic rings. The smallest absolute Gasteiger partial charge is 0.0184 e. The molecule has 0 aliphatic carbocycles. The van der Waals surface area contributed by atoms with E-state index in [2.05, 4.69) is 49.4 Å². The Hall–Kier alpha value is -1.60. The third kappa shape index (κ3) is 2.08. The molecule has 2 aromatic rings. The predicted octanol–water partition coefficient (Wildman–Crippen LogP) is 3.12. The molecule has 0 aliphatic heterocycles. The molecule has 0 unspecified atom stereocenters. The monoisotopic (exact) mass is 197 g/mol. The van der Waals surface area contributed by atoms with Crippen LogP contribution >= 0.6 is 0 Å². The molecule has 1 heteroatoms. The lowest BCUT2D eigenvalue weighted by atomic mass is 9.98. The molecule has 0 aromatic heterocycles. The van der Waals surface area contributed by atoms with E-state index < -0.39 is 0 Å². The van der Waals surface area contributed by atoms with Crippen LogP contribution in [-0.4, -0.2) is 0 Å². The molecule has 1 nitrogen and oxygen atoms in total. The van der Waals surface area contributed by atoms with Crippen LogP contribution in [0.2, 0.25) is 0 Å². The van der Waals surface area contributed by atoms with Crippen LogP contribution in [0, 0.1) is 6.92 Å². The van der Waals surface area contributed by atoms with E-state index in [1.54, 1.807) is 0 Å². The summed E-state index contributed by atoms with van der Waals surface area (Å²) < 4.78 is 0. The predicted molar refractivity (Wildman–Crippen MR) is 64.5 cm³/mol. The van der Waals surface area contributed by atoms with Gasteiger partial charge in [-0.2, -0.15) is 0 Å². The van der Waals surface area contributed by atoms with Gasteiger partial charge in [0.25, 0.3) is 0 Å². The molecule has 0 fully saturated rings. The molecule has 76 valence electrons. The van der Waals surface area contributed by atoms with Gasteiger partial charge in [0.05, 0.1) is 0 Å². The third-order valence-electron chi connectivity index (χ3n) is 2.57. The zero-order chi connectivity index (χ0) is 10.7. The largest absolute Gasteiger partial charge is 0.326 e. The lowest BCUT2D eigenvalue weighted by Crippen LogP contribution is -1.98. The minimum Gasteiger partial charge on any atom is -0.326 e. The molecular weight excluding hydrogens is 182 g/mol. The maximum absolute atomic E-state index is 5.73. The summed E-state index contributed by atoms with van der Waals surface area (Å²) in [7, 11) is 0. The normalized spacial score (nSPS) is 10.3. The highest BCUT2D eigenvalue weighted by atomic mass is 14.5. The summed E-state index contributed by atoms with van der Waals surface area (Å²) in [5.41, 5.74) is 10.7. The Morgan fingerprint density at radius 3 is 2.53 bits per heavy atom. The number of rotatable bonds is 2. The van der Waals surface area contributed by atoms with Crippen molar-refractivity contribution < 1.29 is 0 Å². The van der Waals surface area contributed by atoms with Crippen molar-refractivity contribution in [1.82, 2.24) is 0 Å². The van der Waals surface area contributed by atoms with Crippen LogP contribution in [-0.2, 0) is 6.54 Å². The maximum Gasteiger partial charge on any atom is 0.0184 e. The second-order valence-electron chi connectivity index (χ2n) is 3.73. The van der Waals surface area contributed by atoms with E-state index in [1.165, 1.54) is 22.3 Å². The molecule has 0 atom stereocenters. The van der Waals surface area contributed by atoms with Gasteiger partial charge in [0, 0.05) is 6.54 Å². The molecule has 0 spiro atoms. The summed E-state index contributed by atoms with van der Waals surface area (Å²) in [5, 5.41) is 0. The molecule has 15 heavy (non-hydrogen) atoms. The van der Waals surface area contributed by atoms with Crippen molar-refractivity contribution in [3.8, 4) is 11.1 Å². The van der Waals surface area contributed by atoms with Crippen molar-refractivity contribution in [1.29, 1.82) is 0 Å². The number of hydrogen-bond donors (Lipinski definition) is 1. The second kappa shape index (κ2) is 4.28. The minimum absolute atomic E-state index is 0.587. The zero-order valence-corrected chi connectivity index (χ0v) is 8.90. The van der Waals surface area contributed by atoms with Gasteiger partial charge in [0.2, 0.25) is 0 Å². The van der Waals surface area contributed by atoms with Crippen LogP contribution in [0.25, 0.3) is 11.1 Å². The summed E-state index contributed by atoms with van der Waals surface area (Å²) in [4.78, 5) is 0. The molecule has 2 rings (SSSR count). The van der Waals surface area contributed by atoms with Crippen LogP contribution in [0.1, 0.15) is 11.1 Å². The minimum atomic E-state index is 0.587. The van der Waals surface area contributed by atoms with Gasteiger partial charge in [0.15, 0.2) is 0 Å². The average molecular weight is 197 g/mol. The van der Waals surface area contributed by atoms with E-state index >= 15 is 0 Å². The van der Waals surface area contributed by atoms with E-state index in [1.807, 2.05) is 6.07 Å². The lowest BCUT2D eigenvalue weighted by Gasteiger charge is -2.08. The summed E-state index contributed by atoms with van der Waals surface area (Å²) in [6, 6.07) is 16.8. The zero-order valence-electron chi connectivity index (χ0n) is 8.90. The van der Waals surface area contributed by atoms with Crippen molar-refractivity contribution in [2.24, 2.45) is 5.73 Å². The first kappa shape index (κ1) is 9.94. The molecular formula is C14H15N. The van der Waals surface area contributed by atoms with Gasteiger partial charge >= 0.3 is 0 Å². The van der Waals surface area contributed by atoms with Crippen molar-refractivity contribution in [3.63, 3.8) is 0 Å². The molecule has 0 amide bonds. The Bertz CT molecular complexity index is 460. The van der Waals surface area contributed by atoms with Gasteiger partial charge in [-0.25, -0.2) is 0 Å². The van der Waals surface area contributed by atoms with Crippen LogP contribution in [0.5, 0.6) is 0 Å². The van der Waals surface area contributed by atoms with Gasteiger partial charge in [-0.1, -0.05) is 54.1 Å². The molecule has 2 N–H and O–H groups in total. The van der Waals surface area contributed by atoms with Crippen LogP contribution in [0.3, 0.4) is 0 Å². The molecule has 0 heterocycles. The van der Waals surface area contributed by atoms with Crippen molar-refractivity contribution >= 4 is 0 Å². The summed E-state index contributed by atoms with van der Waals surface area (Å²) in [6.07, 6.45) is 0. The quantitative estimate of drug-likeness (QED) is 0.786. The summed E-state index contributed by atoms with van der Waals surface area (Å²) >= 11 is 0. The van der Waals surface area contributed by atoms with Gasteiger partial charge in [-0.05, 0) is 23.6 Å². The first-order valence-electron chi connectivity index (χ1n) is 5.16. The highest BCUT2D eigenvalue weighted by Crippen LogP contribution is 2.23. The van der Waals surface area contributed by atoms with Gasteiger partial charge in [-0.3, -0.25) is 0 Å². The Labute approximate surface area is 90.6 Å². The van der Waals surface area contributed by atoms with E-state index in [-0.39, 0.29) is 0 Å². The number of hydrogen-bond acceptors (Lipinski definition) is 1. The molecule has 0 bridgehead atoms. The SMILES string of the molecule is Cc1cccc(-c2ccccc2CN)c1. The highest BCUT2D eigenvalue weighted by molar-refractivity contribution is 5.67. The first-order chi connectivity index (χ1) is 7.31. The summed E-state index contributed by atoms with van der Waals surface area (Å²) in [6.45, 7) is 2.69. The summed E-state index contributed by atoms with van der Waals surface area (Å²) in [5.74, 6) is 0. The molecule has 2 aromatic carbocycles. The lowest BCUT2D eigenvalue weighted by molar-refractivity contribution is 1.07. The molecule has 0 saturated carbocycles. The second-order valence-corrected chi connectivity index (χ2v) is 3.73. The third-order valence-corrected chi connectivity index (χ3v) is 2.57. The molecule has 0 saturated heterocycles. The Morgan fingerprint density at radius 1 is 1.00 bits per heavy atom. The fourth-order valence-corrected chi connectivity index (χ4v) is 1.79. The fourth-order valence-electron chi connectivity index (χ4n) is 1.79. The van der Waals surface area contributed by atoms with Gasteiger partial charge < -0.3 is 5.73 Å². The Balaban J connectivity index is 2.53. The van der Waals surface area contributed by atoms with Gasteiger partial charge in [-0.15, -0.1) is 0 Å². The Morgan fingerprint density at radius 2 is 1.80 bits per heavy atom. The Kier molecular flexibility index (Phi) is 2.84. The van der Waals surface area contributed by atoms with E-state index in [4.69, 9.17) is 5.73 Å². The average Bonchev–Trinajstić information content (AvgIpc) is 2.29. The topological polar surface area (TPSA) is 26.0 Å². The number of benzene rings is 2.